The molecule has 2 aliphatic rings. The average Bonchev–Trinajstić information content (AvgIpc) is 2.98. The van der Waals surface area contributed by atoms with Gasteiger partial charge in [0.2, 0.25) is 0 Å². The van der Waals surface area contributed by atoms with E-state index in [1.54, 1.807) is 18.2 Å². The molecule has 3 atom stereocenters. The van der Waals surface area contributed by atoms with E-state index in [1.807, 2.05) is 0 Å². The second-order valence-electron chi connectivity index (χ2n) is 5.76. The molecule has 0 spiro atoms. The second-order valence-corrected chi connectivity index (χ2v) is 6.20. The van der Waals surface area contributed by atoms with Crippen molar-refractivity contribution in [1.82, 2.24) is 0 Å². The third-order valence-electron chi connectivity index (χ3n) is 4.55. The van der Waals surface area contributed by atoms with Crippen molar-refractivity contribution in [3.05, 3.63) is 28.8 Å². The minimum Gasteiger partial charge on any atom is -0.462 e. The number of ether oxygens (including phenoxy) is 1. The molecule has 0 radical (unpaired) electrons. The average molecular weight is 280 g/mol. The number of esters is 1. The largest absolute Gasteiger partial charge is 0.462 e. The van der Waals surface area contributed by atoms with Gasteiger partial charge in [0.25, 0.3) is 0 Å². The zero-order chi connectivity index (χ0) is 13.4. The monoisotopic (exact) mass is 279 g/mol. The van der Waals surface area contributed by atoms with Gasteiger partial charge in [-0.2, -0.15) is 0 Å². The molecule has 19 heavy (non-hydrogen) atoms. The molecule has 2 aliphatic carbocycles. The van der Waals surface area contributed by atoms with E-state index >= 15 is 0 Å². The van der Waals surface area contributed by atoms with Crippen LogP contribution < -0.4 is 5.73 Å². The van der Waals surface area contributed by atoms with Crippen LogP contribution in [0.15, 0.2) is 18.2 Å². The van der Waals surface area contributed by atoms with E-state index < -0.39 is 0 Å². The summed E-state index contributed by atoms with van der Waals surface area (Å²) in [6, 6.07) is 4.86. The van der Waals surface area contributed by atoms with Crippen LogP contribution in [0.25, 0.3) is 0 Å². The minimum absolute atomic E-state index is 0.336. The van der Waals surface area contributed by atoms with E-state index in [0.29, 0.717) is 28.8 Å². The Morgan fingerprint density at radius 2 is 2.21 bits per heavy atom. The Morgan fingerprint density at radius 1 is 1.37 bits per heavy atom. The normalized spacial score (nSPS) is 28.6. The molecule has 4 heteroatoms. The van der Waals surface area contributed by atoms with Crippen LogP contribution >= 0.6 is 11.6 Å². The molecule has 1 aromatic carbocycles. The van der Waals surface area contributed by atoms with Gasteiger partial charge in [0, 0.05) is 10.7 Å². The fourth-order valence-corrected chi connectivity index (χ4v) is 3.74. The Bertz CT molecular complexity index is 503. The Balaban J connectivity index is 1.59. The molecule has 2 saturated carbocycles. The molecule has 0 amide bonds. The third kappa shape index (κ3) is 2.57. The first-order valence-corrected chi connectivity index (χ1v) is 7.23. The Morgan fingerprint density at radius 3 is 2.84 bits per heavy atom. The summed E-state index contributed by atoms with van der Waals surface area (Å²) in [6.07, 6.45) is 5.20. The lowest BCUT2D eigenvalue weighted by Crippen LogP contribution is -2.20. The molecule has 102 valence electrons. The van der Waals surface area contributed by atoms with Gasteiger partial charge in [-0.05, 0) is 55.2 Å². The van der Waals surface area contributed by atoms with Gasteiger partial charge in [-0.3, -0.25) is 0 Å². The van der Waals surface area contributed by atoms with Gasteiger partial charge in [0.15, 0.2) is 0 Å². The zero-order valence-corrected chi connectivity index (χ0v) is 11.5. The van der Waals surface area contributed by atoms with Gasteiger partial charge in [0.1, 0.15) is 0 Å². The summed E-state index contributed by atoms with van der Waals surface area (Å²) in [5, 5.41) is 0.530. The first-order chi connectivity index (χ1) is 9.13. The van der Waals surface area contributed by atoms with Crippen LogP contribution in [0.3, 0.4) is 0 Å². The van der Waals surface area contributed by atoms with Crippen molar-refractivity contribution in [3.63, 3.8) is 0 Å². The van der Waals surface area contributed by atoms with E-state index in [0.717, 1.165) is 11.8 Å². The summed E-state index contributed by atoms with van der Waals surface area (Å²) in [6.45, 7) is 0.530. The molecular formula is C15H18ClNO2. The van der Waals surface area contributed by atoms with Gasteiger partial charge >= 0.3 is 5.97 Å². The molecule has 3 nitrogen and oxygen atoms in total. The predicted molar refractivity (Wildman–Crippen MR) is 75.1 cm³/mol. The molecule has 0 heterocycles. The van der Waals surface area contributed by atoms with Crippen LogP contribution in [0, 0.1) is 17.8 Å². The standard InChI is InChI=1S/C15H18ClNO2/c16-12-3-4-13(14(17)7-12)15(18)19-8-11-6-9-1-2-10(11)5-9/h3-4,7,9-11H,1-2,5-6,8,17H2. The molecule has 2 N–H and O–H groups in total. The van der Waals surface area contributed by atoms with Crippen LogP contribution in [-0.4, -0.2) is 12.6 Å². The maximum atomic E-state index is 12.0. The summed E-state index contributed by atoms with van der Waals surface area (Å²) >= 11 is 5.81. The van der Waals surface area contributed by atoms with Gasteiger partial charge in [0.05, 0.1) is 12.2 Å². The van der Waals surface area contributed by atoms with E-state index in [-0.39, 0.29) is 5.97 Å². The highest BCUT2D eigenvalue weighted by atomic mass is 35.5. The Labute approximate surface area is 118 Å². The number of nitrogen functional groups attached to an aromatic ring is 1. The van der Waals surface area contributed by atoms with Crippen molar-refractivity contribution in [2.75, 3.05) is 12.3 Å². The van der Waals surface area contributed by atoms with Gasteiger partial charge in [-0.25, -0.2) is 4.79 Å². The van der Waals surface area contributed by atoms with Crippen molar-refractivity contribution in [2.24, 2.45) is 17.8 Å². The van der Waals surface area contributed by atoms with E-state index in [4.69, 9.17) is 22.1 Å². The first-order valence-electron chi connectivity index (χ1n) is 6.85. The number of hydrogen-bond acceptors (Lipinski definition) is 3. The molecule has 1 aromatic rings. The Kier molecular flexibility index (Phi) is 3.40. The number of carbonyl (C=O) groups is 1. The maximum absolute atomic E-state index is 12.0. The SMILES string of the molecule is Nc1cc(Cl)ccc1C(=O)OCC1CC2CCC1C2. The number of halogens is 1. The summed E-state index contributed by atoms with van der Waals surface area (Å²) in [7, 11) is 0. The second kappa shape index (κ2) is 5.04. The number of fused-ring (bicyclic) bond motifs is 2. The van der Waals surface area contributed by atoms with Crippen molar-refractivity contribution in [3.8, 4) is 0 Å². The lowest BCUT2D eigenvalue weighted by molar-refractivity contribution is 0.0395. The lowest BCUT2D eigenvalue weighted by Gasteiger charge is -2.21. The van der Waals surface area contributed by atoms with Crippen LogP contribution in [0.4, 0.5) is 5.69 Å². The number of carbonyl (C=O) groups excluding carboxylic acids is 1. The molecular weight excluding hydrogens is 262 g/mol. The summed E-state index contributed by atoms with van der Waals surface area (Å²) < 4.78 is 5.42. The first kappa shape index (κ1) is 12.8. The molecule has 0 saturated heterocycles. The van der Waals surface area contributed by atoms with Gasteiger partial charge in [-0.15, -0.1) is 0 Å². The van der Waals surface area contributed by atoms with Crippen molar-refractivity contribution in [1.29, 1.82) is 0 Å². The number of benzene rings is 1. The van der Waals surface area contributed by atoms with Gasteiger partial charge < -0.3 is 10.5 Å². The minimum atomic E-state index is -0.336. The summed E-state index contributed by atoms with van der Waals surface area (Å²) in [5.74, 6) is 1.85. The van der Waals surface area contributed by atoms with Crippen LogP contribution in [-0.2, 0) is 4.74 Å². The van der Waals surface area contributed by atoms with Crippen molar-refractivity contribution in [2.45, 2.75) is 25.7 Å². The van der Waals surface area contributed by atoms with E-state index in [1.165, 1.54) is 25.7 Å². The Hall–Kier alpha value is -1.22. The van der Waals surface area contributed by atoms with Crippen molar-refractivity contribution < 1.29 is 9.53 Å². The number of anilines is 1. The van der Waals surface area contributed by atoms with Crippen LogP contribution in [0.2, 0.25) is 5.02 Å². The fraction of sp³-hybridized carbons (Fsp3) is 0.533. The third-order valence-corrected chi connectivity index (χ3v) is 4.78. The smallest absolute Gasteiger partial charge is 0.340 e. The predicted octanol–water partition coefficient (Wildman–Crippen LogP) is 3.52. The molecule has 0 aliphatic heterocycles. The van der Waals surface area contributed by atoms with Crippen LogP contribution in [0.1, 0.15) is 36.0 Å². The number of hydrogen-bond donors (Lipinski definition) is 1. The van der Waals surface area contributed by atoms with E-state index in [9.17, 15) is 4.79 Å². The molecule has 2 fully saturated rings. The topological polar surface area (TPSA) is 52.3 Å². The molecule has 3 rings (SSSR count). The van der Waals surface area contributed by atoms with E-state index in [2.05, 4.69) is 0 Å². The molecule has 2 bridgehead atoms. The summed E-state index contributed by atoms with van der Waals surface area (Å²) in [4.78, 5) is 12.0. The maximum Gasteiger partial charge on any atom is 0.340 e. The fourth-order valence-electron chi connectivity index (χ4n) is 3.56. The summed E-state index contributed by atoms with van der Waals surface area (Å²) in [5.41, 5.74) is 6.57. The van der Waals surface area contributed by atoms with Gasteiger partial charge in [-0.1, -0.05) is 18.0 Å². The lowest BCUT2D eigenvalue weighted by atomic mass is 9.89. The zero-order valence-electron chi connectivity index (χ0n) is 10.8. The quantitative estimate of drug-likeness (QED) is 0.680. The highest BCUT2D eigenvalue weighted by molar-refractivity contribution is 6.31. The molecule has 0 aromatic heterocycles. The highest BCUT2D eigenvalue weighted by Crippen LogP contribution is 2.48. The number of nitrogens with two attached hydrogens (primary N) is 1. The number of rotatable bonds is 3. The highest BCUT2D eigenvalue weighted by Gasteiger charge is 2.39. The van der Waals surface area contributed by atoms with Crippen LogP contribution in [0.5, 0.6) is 0 Å². The van der Waals surface area contributed by atoms with Crippen molar-refractivity contribution >= 4 is 23.3 Å². The molecule has 3 unspecified atom stereocenters.